The average Bonchev–Trinajstić information content (AvgIpc) is 2.29. The van der Waals surface area contributed by atoms with Gasteiger partial charge in [0.05, 0.1) is 0 Å². The number of nitrogens with two attached hydrogens (primary N) is 2. The van der Waals surface area contributed by atoms with Gasteiger partial charge in [0.1, 0.15) is 18.0 Å². The molecule has 0 aliphatic carbocycles. The molecule has 0 radical (unpaired) electrons. The Kier molecular flexibility index (Phi) is 2.95. The molecule has 86 valence electrons. The van der Waals surface area contributed by atoms with E-state index in [1.165, 1.54) is 6.33 Å². The molecule has 0 aliphatic rings. The third kappa shape index (κ3) is 2.54. The summed E-state index contributed by atoms with van der Waals surface area (Å²) in [7, 11) is 0. The Morgan fingerprint density at radius 3 is 2.71 bits per heavy atom. The van der Waals surface area contributed by atoms with E-state index in [1.54, 1.807) is 19.1 Å². The highest BCUT2D eigenvalue weighted by molar-refractivity contribution is 6.02. The fourth-order valence-corrected chi connectivity index (χ4v) is 1.32. The van der Waals surface area contributed by atoms with Crippen LogP contribution in [0.25, 0.3) is 0 Å². The summed E-state index contributed by atoms with van der Waals surface area (Å²) in [6.07, 6.45) is 1.39. The van der Waals surface area contributed by atoms with Crippen molar-refractivity contribution in [3.05, 3.63) is 42.0 Å². The van der Waals surface area contributed by atoms with E-state index in [2.05, 4.69) is 19.9 Å². The minimum absolute atomic E-state index is 0.276. The van der Waals surface area contributed by atoms with Gasteiger partial charge in [-0.3, -0.25) is 0 Å². The fraction of sp³-hybridized carbons (Fsp3) is 0.0909. The van der Waals surface area contributed by atoms with Crippen LogP contribution in [0.15, 0.2) is 35.6 Å². The number of benzene rings is 1. The minimum atomic E-state index is 0.276. The molecule has 0 spiro atoms. The van der Waals surface area contributed by atoms with Crippen molar-refractivity contribution in [3.8, 4) is 0 Å². The van der Waals surface area contributed by atoms with Gasteiger partial charge in [0.2, 0.25) is 0 Å². The number of rotatable bonds is 2. The molecule has 0 saturated carbocycles. The zero-order chi connectivity index (χ0) is 12.3. The molecule has 0 bridgehead atoms. The minimum Gasteiger partial charge on any atom is -0.398 e. The second kappa shape index (κ2) is 4.56. The van der Waals surface area contributed by atoms with E-state index in [1.807, 2.05) is 12.1 Å². The van der Waals surface area contributed by atoms with E-state index in [0.717, 1.165) is 0 Å². The number of aliphatic imine (C=N–C) groups is 1. The number of nitrogens with zero attached hydrogens (tertiary/aromatic N) is 4. The summed E-state index contributed by atoms with van der Waals surface area (Å²) >= 11 is 0. The number of aromatic nitrogens is 3. The summed E-state index contributed by atoms with van der Waals surface area (Å²) in [6.45, 7) is 1.76. The molecule has 6 heteroatoms. The lowest BCUT2D eigenvalue weighted by Crippen LogP contribution is -2.15. The molecule has 0 unspecified atom stereocenters. The monoisotopic (exact) mass is 228 g/mol. The maximum Gasteiger partial charge on any atom is 0.254 e. The van der Waals surface area contributed by atoms with E-state index < -0.39 is 0 Å². The van der Waals surface area contributed by atoms with Gasteiger partial charge in [-0.1, -0.05) is 12.1 Å². The first-order chi connectivity index (χ1) is 8.16. The number of nitrogen functional groups attached to an aromatic ring is 1. The van der Waals surface area contributed by atoms with Crippen LogP contribution >= 0.6 is 0 Å². The number of hydrogen-bond donors (Lipinski definition) is 2. The molecule has 2 rings (SSSR count). The van der Waals surface area contributed by atoms with Gasteiger partial charge in [-0.2, -0.15) is 15.0 Å². The van der Waals surface area contributed by atoms with Crippen molar-refractivity contribution in [1.82, 2.24) is 15.0 Å². The van der Waals surface area contributed by atoms with Crippen LogP contribution in [0, 0.1) is 6.92 Å². The highest BCUT2D eigenvalue weighted by Crippen LogP contribution is 2.12. The molecule has 0 aliphatic heterocycles. The van der Waals surface area contributed by atoms with Gasteiger partial charge in [0, 0.05) is 11.3 Å². The lowest BCUT2D eigenvalue weighted by Gasteiger charge is -2.03. The molecular weight excluding hydrogens is 216 g/mol. The van der Waals surface area contributed by atoms with Crippen molar-refractivity contribution in [2.45, 2.75) is 6.92 Å². The SMILES string of the molecule is Cc1ncnc(/N=C(\N)c2ccccc2N)n1. The molecule has 1 aromatic carbocycles. The van der Waals surface area contributed by atoms with Gasteiger partial charge in [-0.15, -0.1) is 0 Å². The normalized spacial score (nSPS) is 11.5. The molecule has 6 nitrogen and oxygen atoms in total. The Bertz CT molecular complexity index is 563. The van der Waals surface area contributed by atoms with Crippen LogP contribution in [0.5, 0.6) is 0 Å². The largest absolute Gasteiger partial charge is 0.398 e. The Morgan fingerprint density at radius 2 is 2.00 bits per heavy atom. The van der Waals surface area contributed by atoms with Crippen molar-refractivity contribution in [2.24, 2.45) is 10.7 Å². The Balaban J connectivity index is 2.38. The summed E-state index contributed by atoms with van der Waals surface area (Å²) in [5, 5.41) is 0. The van der Waals surface area contributed by atoms with Gasteiger partial charge >= 0.3 is 0 Å². The van der Waals surface area contributed by atoms with E-state index in [0.29, 0.717) is 17.1 Å². The Morgan fingerprint density at radius 1 is 1.24 bits per heavy atom. The second-order valence-corrected chi connectivity index (χ2v) is 3.42. The maximum atomic E-state index is 5.85. The molecular formula is C11H12N6. The lowest BCUT2D eigenvalue weighted by atomic mass is 10.1. The first kappa shape index (κ1) is 11.0. The summed E-state index contributed by atoms with van der Waals surface area (Å²) in [6, 6.07) is 7.23. The van der Waals surface area contributed by atoms with Crippen molar-refractivity contribution < 1.29 is 0 Å². The third-order valence-corrected chi connectivity index (χ3v) is 2.14. The Labute approximate surface area is 98.5 Å². The van der Waals surface area contributed by atoms with Gasteiger partial charge in [-0.05, 0) is 19.1 Å². The van der Waals surface area contributed by atoms with Crippen molar-refractivity contribution >= 4 is 17.5 Å². The maximum absolute atomic E-state index is 5.85. The van der Waals surface area contributed by atoms with E-state index in [-0.39, 0.29) is 11.8 Å². The lowest BCUT2D eigenvalue weighted by molar-refractivity contribution is 0.968. The van der Waals surface area contributed by atoms with Crippen LogP contribution in [0.4, 0.5) is 11.6 Å². The summed E-state index contributed by atoms with van der Waals surface area (Å²) < 4.78 is 0. The summed E-state index contributed by atoms with van der Waals surface area (Å²) in [5.41, 5.74) is 12.9. The smallest absolute Gasteiger partial charge is 0.254 e. The highest BCUT2D eigenvalue weighted by Gasteiger charge is 2.03. The van der Waals surface area contributed by atoms with Crippen molar-refractivity contribution in [1.29, 1.82) is 0 Å². The average molecular weight is 228 g/mol. The third-order valence-electron chi connectivity index (χ3n) is 2.14. The van der Waals surface area contributed by atoms with Crippen LogP contribution in [-0.4, -0.2) is 20.8 Å². The predicted octanol–water partition coefficient (Wildman–Crippen LogP) is 0.799. The first-order valence-corrected chi connectivity index (χ1v) is 5.01. The molecule has 0 atom stereocenters. The van der Waals surface area contributed by atoms with Crippen LogP contribution in [0.1, 0.15) is 11.4 Å². The quantitative estimate of drug-likeness (QED) is 0.449. The molecule has 17 heavy (non-hydrogen) atoms. The zero-order valence-electron chi connectivity index (χ0n) is 9.33. The molecule has 4 N–H and O–H groups in total. The van der Waals surface area contributed by atoms with Crippen molar-refractivity contribution in [2.75, 3.05) is 5.73 Å². The number of anilines is 1. The highest BCUT2D eigenvalue weighted by atomic mass is 15.1. The summed E-state index contributed by atoms with van der Waals surface area (Å²) in [4.78, 5) is 15.9. The Hall–Kier alpha value is -2.50. The van der Waals surface area contributed by atoms with Crippen LogP contribution in [0.2, 0.25) is 0 Å². The number of para-hydroxylation sites is 1. The molecule has 0 fully saturated rings. The summed E-state index contributed by atoms with van der Waals surface area (Å²) in [5.74, 6) is 1.15. The number of amidine groups is 1. The van der Waals surface area contributed by atoms with E-state index in [9.17, 15) is 0 Å². The molecule has 0 amide bonds. The number of hydrogen-bond acceptors (Lipinski definition) is 5. The van der Waals surface area contributed by atoms with Crippen LogP contribution < -0.4 is 11.5 Å². The molecule has 0 saturated heterocycles. The number of aryl methyl sites for hydroxylation is 1. The van der Waals surface area contributed by atoms with Gasteiger partial charge in [0.25, 0.3) is 5.95 Å². The van der Waals surface area contributed by atoms with Gasteiger partial charge in [-0.25, -0.2) is 4.98 Å². The standard InChI is InChI=1S/C11H12N6/c1-7-14-6-15-11(16-7)17-10(13)8-4-2-3-5-9(8)12/h2-6H,12H2,1H3,(H2,13,14,15,16,17). The first-order valence-electron chi connectivity index (χ1n) is 5.01. The molecule has 1 aromatic heterocycles. The van der Waals surface area contributed by atoms with Crippen LogP contribution in [0.3, 0.4) is 0 Å². The van der Waals surface area contributed by atoms with Gasteiger partial charge < -0.3 is 11.5 Å². The van der Waals surface area contributed by atoms with Crippen LogP contribution in [-0.2, 0) is 0 Å². The molecule has 1 heterocycles. The fourth-order valence-electron chi connectivity index (χ4n) is 1.32. The van der Waals surface area contributed by atoms with Gasteiger partial charge in [0.15, 0.2) is 0 Å². The second-order valence-electron chi connectivity index (χ2n) is 3.42. The van der Waals surface area contributed by atoms with E-state index >= 15 is 0 Å². The van der Waals surface area contributed by atoms with E-state index in [4.69, 9.17) is 11.5 Å². The zero-order valence-corrected chi connectivity index (χ0v) is 9.33. The van der Waals surface area contributed by atoms with Crippen molar-refractivity contribution in [3.63, 3.8) is 0 Å². The topological polar surface area (TPSA) is 103 Å². The molecule has 2 aromatic rings. The predicted molar refractivity (Wildman–Crippen MR) is 65.8 cm³/mol.